The maximum atomic E-state index is 5.16. The highest BCUT2D eigenvalue weighted by atomic mass is 32.2. The number of thioether (sulfide) groups is 1. The average molecular weight is 346 g/mol. The molecule has 122 valence electrons. The molecule has 0 fully saturated rings. The van der Waals surface area contributed by atoms with Gasteiger partial charge in [-0.1, -0.05) is 41.2 Å². The molecule has 2 aromatic carbocycles. The fourth-order valence-electron chi connectivity index (χ4n) is 3.03. The SMILES string of the molecule is Cc1cc(CSc2nc3ccccc3c3nc4ccccc4n23)no1. The first kappa shape index (κ1) is 14.5. The summed E-state index contributed by atoms with van der Waals surface area (Å²) in [5.74, 6) is 1.52. The van der Waals surface area contributed by atoms with Crippen LogP contribution in [0.15, 0.2) is 64.3 Å². The van der Waals surface area contributed by atoms with Crippen molar-refractivity contribution >= 4 is 39.3 Å². The zero-order valence-electron chi connectivity index (χ0n) is 13.5. The first-order valence-electron chi connectivity index (χ1n) is 8.00. The number of imidazole rings is 1. The summed E-state index contributed by atoms with van der Waals surface area (Å²) < 4.78 is 7.30. The Morgan fingerprint density at radius 3 is 2.64 bits per heavy atom. The van der Waals surface area contributed by atoms with E-state index in [4.69, 9.17) is 14.5 Å². The van der Waals surface area contributed by atoms with Gasteiger partial charge in [0.2, 0.25) is 0 Å². The molecule has 0 N–H and O–H groups in total. The average Bonchev–Trinajstić information content (AvgIpc) is 3.23. The molecule has 0 saturated carbocycles. The number of benzene rings is 2. The minimum Gasteiger partial charge on any atom is -0.361 e. The Balaban J connectivity index is 1.74. The Hall–Kier alpha value is -2.86. The lowest BCUT2D eigenvalue weighted by Gasteiger charge is -2.07. The topological polar surface area (TPSA) is 56.2 Å². The molecule has 3 heterocycles. The van der Waals surface area contributed by atoms with Crippen molar-refractivity contribution < 1.29 is 4.52 Å². The molecule has 0 unspecified atom stereocenters. The smallest absolute Gasteiger partial charge is 0.175 e. The Kier molecular flexibility index (Phi) is 3.24. The van der Waals surface area contributed by atoms with Crippen LogP contribution in [0.25, 0.3) is 27.6 Å². The van der Waals surface area contributed by atoms with E-state index < -0.39 is 0 Å². The van der Waals surface area contributed by atoms with E-state index in [-0.39, 0.29) is 0 Å². The second-order valence-corrected chi connectivity index (χ2v) is 6.83. The Morgan fingerprint density at radius 2 is 1.80 bits per heavy atom. The second kappa shape index (κ2) is 5.60. The number of hydrogen-bond donors (Lipinski definition) is 0. The maximum Gasteiger partial charge on any atom is 0.175 e. The van der Waals surface area contributed by atoms with Crippen LogP contribution in [0, 0.1) is 6.92 Å². The van der Waals surface area contributed by atoms with E-state index in [0.717, 1.165) is 44.2 Å². The van der Waals surface area contributed by atoms with Crippen molar-refractivity contribution in [1.29, 1.82) is 0 Å². The van der Waals surface area contributed by atoms with Crippen molar-refractivity contribution in [2.45, 2.75) is 17.8 Å². The van der Waals surface area contributed by atoms with E-state index in [0.29, 0.717) is 5.75 Å². The summed E-state index contributed by atoms with van der Waals surface area (Å²) in [6.07, 6.45) is 0. The van der Waals surface area contributed by atoms with Crippen molar-refractivity contribution in [3.05, 3.63) is 66.1 Å². The predicted octanol–water partition coefficient (Wildman–Crippen LogP) is 4.62. The van der Waals surface area contributed by atoms with E-state index >= 15 is 0 Å². The largest absolute Gasteiger partial charge is 0.361 e. The zero-order chi connectivity index (χ0) is 16.8. The highest BCUT2D eigenvalue weighted by Crippen LogP contribution is 2.30. The molecule has 0 amide bonds. The number of aryl methyl sites for hydroxylation is 1. The molecule has 0 radical (unpaired) electrons. The van der Waals surface area contributed by atoms with Gasteiger partial charge in [0, 0.05) is 17.2 Å². The summed E-state index contributed by atoms with van der Waals surface area (Å²) in [4.78, 5) is 9.71. The van der Waals surface area contributed by atoms with E-state index in [1.165, 1.54) is 0 Å². The monoisotopic (exact) mass is 346 g/mol. The summed E-state index contributed by atoms with van der Waals surface area (Å²) in [7, 11) is 0. The van der Waals surface area contributed by atoms with Crippen LogP contribution < -0.4 is 0 Å². The molecule has 0 atom stereocenters. The van der Waals surface area contributed by atoms with Gasteiger partial charge >= 0.3 is 0 Å². The summed E-state index contributed by atoms with van der Waals surface area (Å²) in [6.45, 7) is 1.90. The first-order chi connectivity index (χ1) is 12.3. The molecular weight excluding hydrogens is 332 g/mol. The summed E-state index contributed by atoms with van der Waals surface area (Å²) in [5, 5.41) is 6.04. The van der Waals surface area contributed by atoms with E-state index in [2.05, 4.69) is 21.7 Å². The molecule has 5 nitrogen and oxygen atoms in total. The molecule has 0 spiro atoms. The normalized spacial score (nSPS) is 11.7. The number of nitrogens with zero attached hydrogens (tertiary/aromatic N) is 4. The van der Waals surface area contributed by atoms with Crippen molar-refractivity contribution in [1.82, 2.24) is 19.5 Å². The van der Waals surface area contributed by atoms with Gasteiger partial charge in [-0.05, 0) is 31.2 Å². The number of para-hydroxylation sites is 3. The third-order valence-electron chi connectivity index (χ3n) is 4.14. The van der Waals surface area contributed by atoms with E-state index in [9.17, 15) is 0 Å². The molecular formula is C19H14N4OS. The maximum absolute atomic E-state index is 5.16. The summed E-state index contributed by atoms with van der Waals surface area (Å²) in [6, 6.07) is 18.2. The van der Waals surface area contributed by atoms with Gasteiger partial charge in [-0.2, -0.15) is 0 Å². The van der Waals surface area contributed by atoms with Gasteiger partial charge in [-0.3, -0.25) is 4.40 Å². The molecule has 0 bridgehead atoms. The van der Waals surface area contributed by atoms with Crippen LogP contribution in [0.5, 0.6) is 0 Å². The Morgan fingerprint density at radius 1 is 1.00 bits per heavy atom. The van der Waals surface area contributed by atoms with Crippen LogP contribution >= 0.6 is 11.8 Å². The minimum absolute atomic E-state index is 0.699. The van der Waals surface area contributed by atoms with Crippen LogP contribution in [0.2, 0.25) is 0 Å². The number of aromatic nitrogens is 4. The van der Waals surface area contributed by atoms with Crippen LogP contribution in [-0.4, -0.2) is 19.5 Å². The molecule has 0 aliphatic heterocycles. The standard InChI is InChI=1S/C19H14N4OS/c1-12-10-13(22-24-12)11-25-19-21-15-7-3-2-6-14(15)18-20-16-8-4-5-9-17(16)23(18)19/h2-10H,11H2,1H3. The van der Waals surface area contributed by atoms with Crippen molar-refractivity contribution in [2.24, 2.45) is 0 Å². The Bertz CT molecular complexity index is 1220. The quantitative estimate of drug-likeness (QED) is 0.352. The van der Waals surface area contributed by atoms with Gasteiger partial charge in [-0.15, -0.1) is 0 Å². The van der Waals surface area contributed by atoms with E-state index in [1.807, 2.05) is 49.4 Å². The Labute approximate surface area is 147 Å². The van der Waals surface area contributed by atoms with E-state index in [1.54, 1.807) is 11.8 Å². The number of hydrogen-bond acceptors (Lipinski definition) is 5. The van der Waals surface area contributed by atoms with Crippen molar-refractivity contribution in [3.63, 3.8) is 0 Å². The van der Waals surface area contributed by atoms with Gasteiger partial charge in [0.05, 0.1) is 22.2 Å². The van der Waals surface area contributed by atoms with Gasteiger partial charge in [0.1, 0.15) is 11.4 Å². The molecule has 3 aromatic heterocycles. The summed E-state index contributed by atoms with van der Waals surface area (Å²) in [5.41, 5.74) is 4.83. The zero-order valence-corrected chi connectivity index (χ0v) is 14.3. The van der Waals surface area contributed by atoms with Crippen LogP contribution in [0.4, 0.5) is 0 Å². The number of rotatable bonds is 3. The predicted molar refractivity (Wildman–Crippen MR) is 98.8 cm³/mol. The van der Waals surface area contributed by atoms with Crippen molar-refractivity contribution in [2.75, 3.05) is 0 Å². The third kappa shape index (κ3) is 2.37. The fraction of sp³-hybridized carbons (Fsp3) is 0.105. The lowest BCUT2D eigenvalue weighted by molar-refractivity contribution is 0.393. The molecule has 5 rings (SSSR count). The summed E-state index contributed by atoms with van der Waals surface area (Å²) >= 11 is 1.64. The fourth-order valence-corrected chi connectivity index (χ4v) is 3.92. The van der Waals surface area contributed by atoms with Gasteiger partial charge < -0.3 is 4.52 Å². The molecule has 0 saturated heterocycles. The molecule has 25 heavy (non-hydrogen) atoms. The van der Waals surface area contributed by atoms with Crippen LogP contribution in [-0.2, 0) is 5.75 Å². The van der Waals surface area contributed by atoms with Gasteiger partial charge in [0.15, 0.2) is 5.16 Å². The highest BCUT2D eigenvalue weighted by molar-refractivity contribution is 7.98. The van der Waals surface area contributed by atoms with Gasteiger partial charge in [0.25, 0.3) is 0 Å². The highest BCUT2D eigenvalue weighted by Gasteiger charge is 2.14. The van der Waals surface area contributed by atoms with Crippen molar-refractivity contribution in [3.8, 4) is 0 Å². The third-order valence-corrected chi connectivity index (χ3v) is 5.11. The molecule has 6 heteroatoms. The van der Waals surface area contributed by atoms with Crippen LogP contribution in [0.1, 0.15) is 11.5 Å². The van der Waals surface area contributed by atoms with Crippen LogP contribution in [0.3, 0.4) is 0 Å². The molecule has 0 aliphatic carbocycles. The molecule has 5 aromatic rings. The first-order valence-corrected chi connectivity index (χ1v) is 8.99. The lowest BCUT2D eigenvalue weighted by Crippen LogP contribution is -1.97. The lowest BCUT2D eigenvalue weighted by atomic mass is 10.2. The number of fused-ring (bicyclic) bond motifs is 5. The second-order valence-electron chi connectivity index (χ2n) is 5.89. The minimum atomic E-state index is 0.699. The molecule has 0 aliphatic rings. The van der Waals surface area contributed by atoms with Gasteiger partial charge in [-0.25, -0.2) is 9.97 Å².